The highest BCUT2D eigenvalue weighted by Crippen LogP contribution is 2.23. The molecule has 0 aliphatic rings. The second-order valence-electron chi connectivity index (χ2n) is 6.31. The third-order valence-electron chi connectivity index (χ3n) is 2.97. The van der Waals surface area contributed by atoms with E-state index in [1.54, 1.807) is 63.2 Å². The molecule has 0 saturated carbocycles. The molecule has 2 aromatic carbocycles. The molecule has 0 aliphatic heterocycles. The molecule has 2 aromatic rings. The minimum atomic E-state index is -3.77. The van der Waals surface area contributed by atoms with Gasteiger partial charge in [-0.25, -0.2) is 13.1 Å². The molecule has 0 fully saturated rings. The highest BCUT2D eigenvalue weighted by Gasteiger charge is 2.25. The normalized spacial score (nSPS) is 12.0. The van der Waals surface area contributed by atoms with Crippen LogP contribution in [0.2, 0.25) is 5.02 Å². The predicted molar refractivity (Wildman–Crippen MR) is 95.9 cm³/mol. The van der Waals surface area contributed by atoms with Crippen molar-refractivity contribution in [3.63, 3.8) is 0 Å². The van der Waals surface area contributed by atoms with E-state index in [1.807, 2.05) is 0 Å². The van der Waals surface area contributed by atoms with Gasteiger partial charge >= 0.3 is 0 Å². The lowest BCUT2D eigenvalue weighted by molar-refractivity contribution is 0.102. The number of benzene rings is 2. The lowest BCUT2D eigenvalue weighted by Crippen LogP contribution is -2.40. The maximum Gasteiger partial charge on any atom is 0.255 e. The van der Waals surface area contributed by atoms with Crippen LogP contribution in [-0.2, 0) is 10.0 Å². The van der Waals surface area contributed by atoms with E-state index in [1.165, 1.54) is 6.07 Å². The topological polar surface area (TPSA) is 75.3 Å². The molecular formula is C17H19ClN2O3S. The summed E-state index contributed by atoms with van der Waals surface area (Å²) in [6, 6.07) is 12.6. The van der Waals surface area contributed by atoms with Gasteiger partial charge in [0.1, 0.15) is 4.90 Å². The van der Waals surface area contributed by atoms with E-state index in [-0.39, 0.29) is 10.6 Å². The Balaban J connectivity index is 2.32. The fraction of sp³-hybridized carbons (Fsp3) is 0.235. The first-order valence-corrected chi connectivity index (χ1v) is 9.14. The Morgan fingerprint density at radius 1 is 1.00 bits per heavy atom. The van der Waals surface area contributed by atoms with E-state index in [0.717, 1.165) is 0 Å². The van der Waals surface area contributed by atoms with Gasteiger partial charge in [-0.3, -0.25) is 4.79 Å². The van der Waals surface area contributed by atoms with Crippen molar-refractivity contribution in [2.45, 2.75) is 31.2 Å². The van der Waals surface area contributed by atoms with Gasteiger partial charge in [-0.2, -0.15) is 0 Å². The van der Waals surface area contributed by atoms with Gasteiger partial charge < -0.3 is 5.32 Å². The van der Waals surface area contributed by atoms with Crippen LogP contribution >= 0.6 is 11.6 Å². The van der Waals surface area contributed by atoms with Crippen molar-refractivity contribution in [1.82, 2.24) is 4.72 Å². The summed E-state index contributed by atoms with van der Waals surface area (Å²) in [5.41, 5.74) is -0.0313. The van der Waals surface area contributed by atoms with Gasteiger partial charge in [0.25, 0.3) is 5.91 Å². The first kappa shape index (κ1) is 18.4. The molecule has 24 heavy (non-hydrogen) atoms. The van der Waals surface area contributed by atoms with E-state index in [2.05, 4.69) is 10.0 Å². The van der Waals surface area contributed by atoms with Gasteiger partial charge in [-0.1, -0.05) is 23.7 Å². The smallest absolute Gasteiger partial charge is 0.255 e. The Bertz CT molecular complexity index is 841. The largest absolute Gasteiger partial charge is 0.321 e. The Morgan fingerprint density at radius 3 is 2.17 bits per heavy atom. The van der Waals surface area contributed by atoms with Gasteiger partial charge in [-0.05, 0) is 57.2 Å². The minimum Gasteiger partial charge on any atom is -0.321 e. The maximum atomic E-state index is 12.6. The molecule has 0 unspecified atom stereocenters. The van der Waals surface area contributed by atoms with E-state index >= 15 is 0 Å². The Hall–Kier alpha value is -1.89. The zero-order valence-corrected chi connectivity index (χ0v) is 15.2. The van der Waals surface area contributed by atoms with Gasteiger partial charge in [0, 0.05) is 16.1 Å². The van der Waals surface area contributed by atoms with E-state index in [0.29, 0.717) is 10.6 Å². The molecular weight excluding hydrogens is 348 g/mol. The highest BCUT2D eigenvalue weighted by atomic mass is 35.5. The van der Waals surface area contributed by atoms with Crippen LogP contribution in [0.5, 0.6) is 0 Å². The standard InChI is InChI=1S/C17H19ClN2O3S/c1-17(2,3)20-24(22,23)15-7-5-4-6-14(15)19-16(21)12-8-10-13(18)11-9-12/h4-11,20H,1-3H3,(H,19,21). The molecule has 0 aromatic heterocycles. The van der Waals surface area contributed by atoms with Gasteiger partial charge in [0.2, 0.25) is 10.0 Å². The zero-order valence-electron chi connectivity index (χ0n) is 13.6. The number of amides is 1. The summed E-state index contributed by atoms with van der Waals surface area (Å²) in [4.78, 5) is 12.3. The van der Waals surface area contributed by atoms with Gasteiger partial charge in [0.15, 0.2) is 0 Å². The SMILES string of the molecule is CC(C)(C)NS(=O)(=O)c1ccccc1NC(=O)c1ccc(Cl)cc1. The van der Waals surface area contributed by atoms with Crippen molar-refractivity contribution >= 4 is 33.2 Å². The number of para-hydroxylation sites is 1. The Kier molecular flexibility index (Phi) is 5.32. The summed E-state index contributed by atoms with van der Waals surface area (Å²) >= 11 is 5.80. The number of anilines is 1. The van der Waals surface area contributed by atoms with Crippen LogP contribution in [0, 0.1) is 0 Å². The Labute approximate surface area is 147 Å². The molecule has 0 bridgehead atoms. The zero-order chi connectivity index (χ0) is 18.0. The van der Waals surface area contributed by atoms with Crippen molar-refractivity contribution in [2.75, 3.05) is 5.32 Å². The van der Waals surface area contributed by atoms with Crippen LogP contribution in [0.4, 0.5) is 5.69 Å². The number of carbonyl (C=O) groups excluding carboxylic acids is 1. The van der Waals surface area contributed by atoms with Crippen LogP contribution < -0.4 is 10.0 Å². The molecule has 2 N–H and O–H groups in total. The fourth-order valence-corrected chi connectivity index (χ4v) is 3.77. The lowest BCUT2D eigenvalue weighted by Gasteiger charge is -2.21. The second kappa shape index (κ2) is 6.93. The van der Waals surface area contributed by atoms with Crippen molar-refractivity contribution in [3.8, 4) is 0 Å². The van der Waals surface area contributed by atoms with Gasteiger partial charge in [0.05, 0.1) is 5.69 Å². The quantitative estimate of drug-likeness (QED) is 0.866. The molecule has 128 valence electrons. The Morgan fingerprint density at radius 2 is 1.58 bits per heavy atom. The molecule has 7 heteroatoms. The van der Waals surface area contributed by atoms with E-state index < -0.39 is 21.5 Å². The first-order valence-electron chi connectivity index (χ1n) is 7.28. The molecule has 0 heterocycles. The highest BCUT2D eigenvalue weighted by molar-refractivity contribution is 7.89. The molecule has 2 rings (SSSR count). The van der Waals surface area contributed by atoms with E-state index in [4.69, 9.17) is 11.6 Å². The third kappa shape index (κ3) is 4.80. The lowest BCUT2D eigenvalue weighted by atomic mass is 10.1. The molecule has 5 nitrogen and oxygen atoms in total. The van der Waals surface area contributed by atoms with Crippen molar-refractivity contribution < 1.29 is 13.2 Å². The van der Waals surface area contributed by atoms with Crippen LogP contribution in [0.25, 0.3) is 0 Å². The average Bonchev–Trinajstić information content (AvgIpc) is 2.45. The monoisotopic (exact) mass is 366 g/mol. The summed E-state index contributed by atoms with van der Waals surface area (Å²) in [6.07, 6.45) is 0. The number of hydrogen-bond acceptors (Lipinski definition) is 3. The van der Waals surface area contributed by atoms with Crippen molar-refractivity contribution in [2.24, 2.45) is 0 Å². The minimum absolute atomic E-state index is 0.0160. The summed E-state index contributed by atoms with van der Waals surface area (Å²) < 4.78 is 27.7. The number of nitrogens with one attached hydrogen (secondary N) is 2. The average molecular weight is 367 g/mol. The number of carbonyl (C=O) groups is 1. The van der Waals surface area contributed by atoms with Gasteiger partial charge in [-0.15, -0.1) is 0 Å². The number of rotatable bonds is 4. The molecule has 0 aliphatic carbocycles. The number of halogens is 1. The third-order valence-corrected chi connectivity index (χ3v) is 5.04. The molecule has 1 amide bonds. The molecule has 0 radical (unpaired) electrons. The molecule has 0 spiro atoms. The second-order valence-corrected chi connectivity index (χ2v) is 8.40. The maximum absolute atomic E-state index is 12.6. The van der Waals surface area contributed by atoms with Crippen molar-refractivity contribution in [1.29, 1.82) is 0 Å². The number of hydrogen-bond donors (Lipinski definition) is 2. The first-order chi connectivity index (χ1) is 11.1. The predicted octanol–water partition coefficient (Wildman–Crippen LogP) is 3.67. The molecule has 0 saturated heterocycles. The van der Waals surface area contributed by atoms with Crippen molar-refractivity contribution in [3.05, 3.63) is 59.1 Å². The van der Waals surface area contributed by atoms with E-state index in [9.17, 15) is 13.2 Å². The van der Waals surface area contributed by atoms with Crippen LogP contribution in [0.15, 0.2) is 53.4 Å². The molecule has 0 atom stereocenters. The number of sulfonamides is 1. The van der Waals surface area contributed by atoms with Crippen LogP contribution in [0.1, 0.15) is 31.1 Å². The summed E-state index contributed by atoms with van der Waals surface area (Å²) in [5, 5.41) is 3.15. The fourth-order valence-electron chi connectivity index (χ4n) is 2.06. The summed E-state index contributed by atoms with van der Waals surface area (Å²) in [7, 11) is -3.77. The van der Waals surface area contributed by atoms with Crippen LogP contribution in [0.3, 0.4) is 0 Å². The van der Waals surface area contributed by atoms with Crippen LogP contribution in [-0.4, -0.2) is 19.9 Å². The summed E-state index contributed by atoms with van der Waals surface area (Å²) in [5.74, 6) is -0.412. The summed E-state index contributed by atoms with van der Waals surface area (Å²) in [6.45, 7) is 5.25.